The fourth-order valence-corrected chi connectivity index (χ4v) is 3.34. The minimum absolute atomic E-state index is 0.105. The van der Waals surface area contributed by atoms with Crippen LogP contribution in [-0.4, -0.2) is 10.9 Å². The third-order valence-electron chi connectivity index (χ3n) is 4.40. The zero-order valence-corrected chi connectivity index (χ0v) is 15.4. The quantitative estimate of drug-likeness (QED) is 0.652. The van der Waals surface area contributed by atoms with E-state index in [1.807, 2.05) is 49.4 Å². The number of pyridine rings is 1. The Balaban J connectivity index is 1.77. The highest BCUT2D eigenvalue weighted by atomic mass is 35.5. The normalized spacial score (nSPS) is 15.9. The average molecular weight is 384 g/mol. The molecule has 4 rings (SSSR count). The van der Waals surface area contributed by atoms with Crippen LogP contribution in [0.2, 0.25) is 10.0 Å². The summed E-state index contributed by atoms with van der Waals surface area (Å²) < 4.78 is 0. The van der Waals surface area contributed by atoms with Crippen molar-refractivity contribution in [2.45, 2.75) is 13.1 Å². The molecule has 26 heavy (non-hydrogen) atoms. The number of aromatic nitrogens is 1. The highest BCUT2D eigenvalue weighted by Crippen LogP contribution is 2.37. The molecular formula is C20H15Cl2N3O. The summed E-state index contributed by atoms with van der Waals surface area (Å²) >= 11 is 12.2. The summed E-state index contributed by atoms with van der Waals surface area (Å²) in [5.41, 5.74) is 3.37. The number of rotatable bonds is 3. The molecule has 1 amide bonds. The monoisotopic (exact) mass is 383 g/mol. The van der Waals surface area contributed by atoms with Gasteiger partial charge >= 0.3 is 0 Å². The fourth-order valence-electron chi connectivity index (χ4n) is 3.05. The van der Waals surface area contributed by atoms with E-state index in [0.29, 0.717) is 21.4 Å². The lowest BCUT2D eigenvalue weighted by Crippen LogP contribution is -2.32. The van der Waals surface area contributed by atoms with Crippen LogP contribution in [0, 0.1) is 6.92 Å². The number of carbonyl (C=O) groups excluding carboxylic acids is 1. The maximum atomic E-state index is 13.0. The summed E-state index contributed by atoms with van der Waals surface area (Å²) in [6, 6.07) is 16.7. The van der Waals surface area contributed by atoms with E-state index in [-0.39, 0.29) is 12.1 Å². The average Bonchev–Trinajstić information content (AvgIpc) is 2.92. The van der Waals surface area contributed by atoms with E-state index in [0.717, 1.165) is 16.8 Å². The van der Waals surface area contributed by atoms with Crippen molar-refractivity contribution in [1.29, 1.82) is 0 Å². The highest BCUT2D eigenvalue weighted by Gasteiger charge is 2.38. The van der Waals surface area contributed by atoms with Gasteiger partial charge in [-0.05, 0) is 42.8 Å². The molecule has 0 bridgehead atoms. The Bertz CT molecular complexity index is 989. The predicted octanol–water partition coefficient (Wildman–Crippen LogP) is 5.47. The van der Waals surface area contributed by atoms with E-state index in [9.17, 15) is 4.79 Å². The van der Waals surface area contributed by atoms with Gasteiger partial charge in [-0.15, -0.1) is 0 Å². The minimum atomic E-state index is -0.383. The van der Waals surface area contributed by atoms with Crippen LogP contribution in [0.15, 0.2) is 60.8 Å². The number of hydrogen-bond donors (Lipinski definition) is 1. The van der Waals surface area contributed by atoms with Gasteiger partial charge in [0.25, 0.3) is 5.91 Å². The van der Waals surface area contributed by atoms with Crippen molar-refractivity contribution in [2.75, 3.05) is 10.2 Å². The predicted molar refractivity (Wildman–Crippen MR) is 105 cm³/mol. The third-order valence-corrected chi connectivity index (χ3v) is 5.03. The second-order valence-electron chi connectivity index (χ2n) is 6.11. The van der Waals surface area contributed by atoms with E-state index in [1.165, 1.54) is 6.20 Å². The van der Waals surface area contributed by atoms with Crippen molar-refractivity contribution in [3.05, 3.63) is 87.5 Å². The van der Waals surface area contributed by atoms with Crippen LogP contribution >= 0.6 is 23.2 Å². The standard InChI is InChI=1S/C20H15Cl2N3O/c1-12-6-8-14(10-17(12)22)24-19-15-4-2-3-5-16(15)20(26)25(19)18-9-7-13(21)11-23-18/h2-11,19,24H,1H3. The lowest BCUT2D eigenvalue weighted by Gasteiger charge is -2.26. The first-order valence-corrected chi connectivity index (χ1v) is 8.87. The first-order valence-electron chi connectivity index (χ1n) is 8.11. The molecule has 1 atom stereocenters. The molecule has 130 valence electrons. The highest BCUT2D eigenvalue weighted by molar-refractivity contribution is 6.31. The Morgan fingerprint density at radius 1 is 1.08 bits per heavy atom. The van der Waals surface area contributed by atoms with Crippen molar-refractivity contribution in [3.8, 4) is 0 Å². The molecule has 1 aliphatic heterocycles. The molecule has 4 nitrogen and oxygen atoms in total. The van der Waals surface area contributed by atoms with Crippen LogP contribution in [0.1, 0.15) is 27.7 Å². The van der Waals surface area contributed by atoms with Gasteiger partial charge in [-0.25, -0.2) is 4.98 Å². The summed E-state index contributed by atoms with van der Waals surface area (Å²) in [7, 11) is 0. The minimum Gasteiger partial charge on any atom is -0.361 e. The van der Waals surface area contributed by atoms with E-state index in [1.54, 1.807) is 17.0 Å². The second kappa shape index (κ2) is 6.63. The molecule has 1 aromatic heterocycles. The molecule has 3 aromatic rings. The molecule has 0 saturated heterocycles. The maximum absolute atomic E-state index is 13.0. The van der Waals surface area contributed by atoms with Gasteiger partial charge in [0.2, 0.25) is 0 Å². The van der Waals surface area contributed by atoms with Gasteiger partial charge in [0, 0.05) is 28.0 Å². The number of amides is 1. The lowest BCUT2D eigenvalue weighted by molar-refractivity contribution is 0.0992. The lowest BCUT2D eigenvalue weighted by atomic mass is 10.1. The van der Waals surface area contributed by atoms with Crippen LogP contribution in [0.25, 0.3) is 0 Å². The number of halogens is 2. The topological polar surface area (TPSA) is 45.2 Å². The molecule has 2 heterocycles. The Morgan fingerprint density at radius 3 is 2.62 bits per heavy atom. The van der Waals surface area contributed by atoms with Crippen LogP contribution in [0.3, 0.4) is 0 Å². The number of nitrogens with one attached hydrogen (secondary N) is 1. The Labute approximate surface area is 161 Å². The van der Waals surface area contributed by atoms with Crippen molar-refractivity contribution < 1.29 is 4.79 Å². The Kier molecular flexibility index (Phi) is 4.31. The molecule has 6 heteroatoms. The van der Waals surface area contributed by atoms with Crippen molar-refractivity contribution in [2.24, 2.45) is 0 Å². The van der Waals surface area contributed by atoms with E-state index >= 15 is 0 Å². The zero-order chi connectivity index (χ0) is 18.3. The van der Waals surface area contributed by atoms with Gasteiger partial charge in [-0.2, -0.15) is 0 Å². The molecule has 0 radical (unpaired) electrons. The molecule has 0 spiro atoms. The SMILES string of the molecule is Cc1ccc(NC2c3ccccc3C(=O)N2c2ccc(Cl)cn2)cc1Cl. The number of hydrogen-bond acceptors (Lipinski definition) is 3. The van der Waals surface area contributed by atoms with Crippen LogP contribution in [-0.2, 0) is 0 Å². The fraction of sp³-hybridized carbons (Fsp3) is 0.100. The first kappa shape index (κ1) is 16.9. The Morgan fingerprint density at radius 2 is 1.88 bits per heavy atom. The van der Waals surface area contributed by atoms with Crippen LogP contribution < -0.4 is 10.2 Å². The zero-order valence-electron chi connectivity index (χ0n) is 13.9. The van der Waals surface area contributed by atoms with Gasteiger partial charge < -0.3 is 5.32 Å². The maximum Gasteiger partial charge on any atom is 0.261 e. The van der Waals surface area contributed by atoms with E-state index in [4.69, 9.17) is 23.2 Å². The summed E-state index contributed by atoms with van der Waals surface area (Å²) in [5, 5.41) is 4.60. The number of fused-ring (bicyclic) bond motifs is 1. The van der Waals surface area contributed by atoms with Crippen LogP contribution in [0.5, 0.6) is 0 Å². The number of carbonyl (C=O) groups is 1. The number of nitrogens with zero attached hydrogens (tertiary/aromatic N) is 2. The van der Waals surface area contributed by atoms with Crippen molar-refractivity contribution in [1.82, 2.24) is 4.98 Å². The van der Waals surface area contributed by atoms with Gasteiger partial charge in [-0.1, -0.05) is 47.5 Å². The third kappa shape index (κ3) is 2.91. The van der Waals surface area contributed by atoms with Crippen molar-refractivity contribution >= 4 is 40.6 Å². The van der Waals surface area contributed by atoms with Gasteiger partial charge in [0.15, 0.2) is 0 Å². The molecule has 2 aromatic carbocycles. The van der Waals surface area contributed by atoms with Crippen LogP contribution in [0.4, 0.5) is 11.5 Å². The van der Waals surface area contributed by atoms with Gasteiger partial charge in [-0.3, -0.25) is 9.69 Å². The summed E-state index contributed by atoms with van der Waals surface area (Å²) in [4.78, 5) is 18.9. The smallest absolute Gasteiger partial charge is 0.261 e. The van der Waals surface area contributed by atoms with Gasteiger partial charge in [0.1, 0.15) is 12.0 Å². The first-order chi connectivity index (χ1) is 12.5. The summed E-state index contributed by atoms with van der Waals surface area (Å²) in [6.07, 6.45) is 1.15. The molecule has 0 fully saturated rings. The molecule has 1 aliphatic rings. The molecule has 0 aliphatic carbocycles. The van der Waals surface area contributed by atoms with Crippen molar-refractivity contribution in [3.63, 3.8) is 0 Å². The number of anilines is 2. The molecule has 1 N–H and O–H groups in total. The molecule has 0 saturated carbocycles. The largest absolute Gasteiger partial charge is 0.361 e. The molecule has 1 unspecified atom stereocenters. The number of benzene rings is 2. The molecular weight excluding hydrogens is 369 g/mol. The second-order valence-corrected chi connectivity index (χ2v) is 6.95. The number of aryl methyl sites for hydroxylation is 1. The Hall–Kier alpha value is -2.56. The van der Waals surface area contributed by atoms with Gasteiger partial charge in [0.05, 0.1) is 5.02 Å². The summed E-state index contributed by atoms with van der Waals surface area (Å²) in [6.45, 7) is 1.95. The summed E-state index contributed by atoms with van der Waals surface area (Å²) in [5.74, 6) is 0.428. The van der Waals surface area contributed by atoms with E-state index < -0.39 is 0 Å². The van der Waals surface area contributed by atoms with E-state index in [2.05, 4.69) is 10.3 Å².